The number of halogens is 3. The summed E-state index contributed by atoms with van der Waals surface area (Å²) in [5, 5.41) is 6.20. The van der Waals surface area contributed by atoms with Crippen molar-refractivity contribution in [3.8, 4) is 0 Å². The second-order valence-corrected chi connectivity index (χ2v) is 7.07. The monoisotopic (exact) mass is 398 g/mol. The molecule has 2 aliphatic rings. The van der Waals surface area contributed by atoms with E-state index in [1.807, 2.05) is 24.4 Å². The lowest BCUT2D eigenvalue weighted by Crippen LogP contribution is -2.18. The number of hydrogen-bond acceptors (Lipinski definition) is 4. The normalized spacial score (nSPS) is 18.9. The van der Waals surface area contributed by atoms with Crippen LogP contribution in [0.15, 0.2) is 60.8 Å². The standard InChI is InChI=1S/C22H21F3N4/c23-22(24,25)17-7-4-8-18(13-17)27-20-14-19(15-5-2-1-3-6-15)28-21(29-20)16-9-11-26-12-10-16/h1-2,4-5,7-9,11,13-14,16,26H,3,6,10,12H2,(H,27,28,29). The van der Waals surface area contributed by atoms with Crippen molar-refractivity contribution in [3.05, 3.63) is 77.9 Å². The third-order valence-electron chi connectivity index (χ3n) is 4.93. The molecule has 0 bridgehead atoms. The Bertz CT molecular complexity index is 976. The van der Waals surface area contributed by atoms with Gasteiger partial charge >= 0.3 is 6.18 Å². The molecule has 0 spiro atoms. The molecule has 150 valence electrons. The molecule has 0 radical (unpaired) electrons. The molecule has 1 unspecified atom stereocenters. The van der Waals surface area contributed by atoms with Crippen LogP contribution in [0.4, 0.5) is 24.7 Å². The van der Waals surface area contributed by atoms with Crippen LogP contribution < -0.4 is 10.6 Å². The third-order valence-corrected chi connectivity index (χ3v) is 4.93. The Hall–Kier alpha value is -3.09. The molecule has 4 rings (SSSR count). The van der Waals surface area contributed by atoms with Gasteiger partial charge in [-0.3, -0.25) is 0 Å². The lowest BCUT2D eigenvalue weighted by atomic mass is 9.99. The van der Waals surface area contributed by atoms with Crippen LogP contribution in [0.1, 0.15) is 42.3 Å². The highest BCUT2D eigenvalue weighted by atomic mass is 19.4. The van der Waals surface area contributed by atoms with E-state index in [9.17, 15) is 13.2 Å². The van der Waals surface area contributed by atoms with Gasteiger partial charge in [0, 0.05) is 24.2 Å². The van der Waals surface area contributed by atoms with Gasteiger partial charge in [-0.05, 0) is 49.2 Å². The summed E-state index contributed by atoms with van der Waals surface area (Å²) in [7, 11) is 0. The van der Waals surface area contributed by atoms with E-state index >= 15 is 0 Å². The summed E-state index contributed by atoms with van der Waals surface area (Å²) in [6, 6.07) is 6.94. The number of aromatic nitrogens is 2. The first kappa shape index (κ1) is 19.2. The van der Waals surface area contributed by atoms with Crippen LogP contribution in [-0.4, -0.2) is 16.5 Å². The first-order valence-electron chi connectivity index (χ1n) is 9.58. The predicted octanol–water partition coefficient (Wildman–Crippen LogP) is 5.56. The van der Waals surface area contributed by atoms with Gasteiger partial charge in [-0.15, -0.1) is 0 Å². The van der Waals surface area contributed by atoms with Crippen LogP contribution in [0.25, 0.3) is 5.57 Å². The number of rotatable bonds is 4. The zero-order chi connectivity index (χ0) is 20.3. The Labute approximate surface area is 167 Å². The topological polar surface area (TPSA) is 49.8 Å². The highest BCUT2D eigenvalue weighted by Gasteiger charge is 2.30. The van der Waals surface area contributed by atoms with Crippen molar-refractivity contribution in [2.24, 2.45) is 0 Å². The molecule has 0 amide bonds. The van der Waals surface area contributed by atoms with Gasteiger partial charge in [0.05, 0.1) is 11.3 Å². The largest absolute Gasteiger partial charge is 0.416 e. The van der Waals surface area contributed by atoms with Crippen LogP contribution >= 0.6 is 0 Å². The Kier molecular flexibility index (Phi) is 5.38. The molecule has 0 fully saturated rings. The van der Waals surface area contributed by atoms with Crippen LogP contribution in [-0.2, 0) is 6.18 Å². The first-order valence-corrected chi connectivity index (χ1v) is 9.58. The summed E-state index contributed by atoms with van der Waals surface area (Å²) in [5.41, 5.74) is 1.55. The Morgan fingerprint density at radius 3 is 2.76 bits per heavy atom. The van der Waals surface area contributed by atoms with Gasteiger partial charge < -0.3 is 10.6 Å². The zero-order valence-corrected chi connectivity index (χ0v) is 15.7. The predicted molar refractivity (Wildman–Crippen MR) is 108 cm³/mol. The second kappa shape index (κ2) is 8.11. The van der Waals surface area contributed by atoms with Gasteiger partial charge in [0.1, 0.15) is 11.6 Å². The number of hydrogen-bond donors (Lipinski definition) is 2. The molecule has 1 aliphatic carbocycles. The van der Waals surface area contributed by atoms with E-state index in [-0.39, 0.29) is 5.92 Å². The van der Waals surface area contributed by atoms with E-state index in [2.05, 4.69) is 21.7 Å². The molecule has 2 heterocycles. The van der Waals surface area contributed by atoms with Crippen molar-refractivity contribution in [3.63, 3.8) is 0 Å². The smallest absolute Gasteiger partial charge is 0.391 e. The fourth-order valence-corrected chi connectivity index (χ4v) is 3.42. The number of nitrogens with one attached hydrogen (secondary N) is 2. The molecule has 7 heteroatoms. The van der Waals surface area contributed by atoms with Gasteiger partial charge in [0.15, 0.2) is 0 Å². The number of anilines is 2. The average Bonchev–Trinajstić information content (AvgIpc) is 2.74. The summed E-state index contributed by atoms with van der Waals surface area (Å²) in [6.45, 7) is 0.830. The maximum atomic E-state index is 13.0. The highest BCUT2D eigenvalue weighted by molar-refractivity contribution is 5.69. The first-order chi connectivity index (χ1) is 14.0. The van der Waals surface area contributed by atoms with Gasteiger partial charge in [-0.25, -0.2) is 9.97 Å². The maximum Gasteiger partial charge on any atom is 0.416 e. The summed E-state index contributed by atoms with van der Waals surface area (Å²) in [6.07, 6.45) is 8.34. The number of nitrogens with zero attached hydrogens (tertiary/aromatic N) is 2. The molecule has 1 atom stereocenters. The molecule has 0 saturated carbocycles. The molecule has 1 aliphatic heterocycles. The number of allylic oxidation sites excluding steroid dienone is 5. The van der Waals surface area contributed by atoms with Crippen molar-refractivity contribution in [1.82, 2.24) is 15.3 Å². The van der Waals surface area contributed by atoms with Crippen molar-refractivity contribution in [2.75, 3.05) is 11.9 Å². The lowest BCUT2D eigenvalue weighted by molar-refractivity contribution is -0.137. The van der Waals surface area contributed by atoms with Crippen molar-refractivity contribution >= 4 is 17.1 Å². The minimum atomic E-state index is -4.39. The van der Waals surface area contributed by atoms with E-state index in [1.165, 1.54) is 6.07 Å². The van der Waals surface area contributed by atoms with Crippen molar-refractivity contribution in [2.45, 2.75) is 31.4 Å². The molecule has 4 nitrogen and oxygen atoms in total. The quantitative estimate of drug-likeness (QED) is 0.708. The average molecular weight is 398 g/mol. The van der Waals surface area contributed by atoms with E-state index in [4.69, 9.17) is 4.98 Å². The Balaban J connectivity index is 1.70. The zero-order valence-electron chi connectivity index (χ0n) is 15.7. The third kappa shape index (κ3) is 4.67. The van der Waals surface area contributed by atoms with E-state index in [0.29, 0.717) is 17.3 Å². The molecule has 2 N–H and O–H groups in total. The van der Waals surface area contributed by atoms with Crippen LogP contribution in [0.3, 0.4) is 0 Å². The summed E-state index contributed by atoms with van der Waals surface area (Å²) in [4.78, 5) is 9.38. The highest BCUT2D eigenvalue weighted by Crippen LogP contribution is 2.32. The van der Waals surface area contributed by atoms with Crippen LogP contribution in [0.2, 0.25) is 0 Å². The van der Waals surface area contributed by atoms with Crippen molar-refractivity contribution < 1.29 is 13.2 Å². The van der Waals surface area contributed by atoms with Crippen LogP contribution in [0.5, 0.6) is 0 Å². The van der Waals surface area contributed by atoms with Crippen molar-refractivity contribution in [1.29, 1.82) is 0 Å². The SMILES string of the molecule is FC(F)(F)c1cccc(Nc2cc(C3=CC=CCC3)nc(C3C=CNCC3)n2)c1. The van der Waals surface area contributed by atoms with Gasteiger partial charge in [0.2, 0.25) is 0 Å². The lowest BCUT2D eigenvalue weighted by Gasteiger charge is -2.19. The molecule has 0 saturated heterocycles. The Morgan fingerprint density at radius 2 is 2.03 bits per heavy atom. The number of alkyl halides is 3. The fourth-order valence-electron chi connectivity index (χ4n) is 3.42. The minimum Gasteiger partial charge on any atom is -0.391 e. The van der Waals surface area contributed by atoms with Gasteiger partial charge in [-0.1, -0.05) is 30.4 Å². The van der Waals surface area contributed by atoms with Gasteiger partial charge in [-0.2, -0.15) is 13.2 Å². The Morgan fingerprint density at radius 1 is 1.14 bits per heavy atom. The van der Waals surface area contributed by atoms with Gasteiger partial charge in [0.25, 0.3) is 0 Å². The second-order valence-electron chi connectivity index (χ2n) is 7.07. The summed E-state index contributed by atoms with van der Waals surface area (Å²) >= 11 is 0. The van der Waals surface area contributed by atoms with Crippen LogP contribution in [0, 0.1) is 0 Å². The molecule has 1 aromatic carbocycles. The molecule has 1 aromatic heterocycles. The summed E-state index contributed by atoms with van der Waals surface area (Å²) in [5.74, 6) is 1.23. The minimum absolute atomic E-state index is 0.0676. The molecular weight excluding hydrogens is 377 g/mol. The van der Waals surface area contributed by atoms with E-state index in [1.54, 1.807) is 12.1 Å². The molecular formula is C22H21F3N4. The van der Waals surface area contributed by atoms with E-state index in [0.717, 1.165) is 49.2 Å². The van der Waals surface area contributed by atoms with E-state index < -0.39 is 11.7 Å². The fraction of sp³-hybridized carbons (Fsp3) is 0.273. The summed E-state index contributed by atoms with van der Waals surface area (Å²) < 4.78 is 39.1. The molecule has 2 aromatic rings. The number of benzene rings is 1. The maximum absolute atomic E-state index is 13.0. The molecule has 29 heavy (non-hydrogen) atoms.